The Hall–Kier alpha value is -2.54. The molecule has 0 saturated carbocycles. The van der Waals surface area contributed by atoms with Gasteiger partial charge in [0, 0.05) is 11.3 Å². The minimum atomic E-state index is -3.12. The molecule has 1 aromatic heterocycles. The Morgan fingerprint density at radius 2 is 2.12 bits per heavy atom. The Kier molecular flexibility index (Phi) is 5.81. The van der Waals surface area contributed by atoms with Crippen LogP contribution in [0.25, 0.3) is 0 Å². The normalized spacial score (nSPS) is 11.2. The van der Waals surface area contributed by atoms with E-state index in [1.165, 1.54) is 0 Å². The number of halogens is 2. The van der Waals surface area contributed by atoms with E-state index < -0.39 is 24.9 Å². The number of amides is 1. The van der Waals surface area contributed by atoms with Gasteiger partial charge >= 0.3 is 0 Å². The first-order valence-corrected chi connectivity index (χ1v) is 7.40. The van der Waals surface area contributed by atoms with Crippen LogP contribution in [-0.2, 0) is 6.61 Å². The molecule has 24 heavy (non-hydrogen) atoms. The lowest BCUT2D eigenvalue weighted by Gasteiger charge is -2.14. The molecule has 0 fully saturated rings. The maximum Gasteiger partial charge on any atom is 0.277 e. The van der Waals surface area contributed by atoms with Crippen LogP contribution in [-0.4, -0.2) is 29.9 Å². The largest absolute Gasteiger partial charge is 0.487 e. The number of pyridine rings is 1. The molecule has 2 aromatic rings. The molecule has 1 aromatic carbocycles. The summed E-state index contributed by atoms with van der Waals surface area (Å²) in [4.78, 5) is 16.1. The zero-order chi connectivity index (χ0) is 17.6. The third kappa shape index (κ3) is 5.27. The lowest BCUT2D eigenvalue weighted by molar-refractivity contribution is 0.0118. The second-order valence-corrected chi connectivity index (χ2v) is 5.37. The van der Waals surface area contributed by atoms with Crippen LogP contribution in [0.4, 0.5) is 8.78 Å². The summed E-state index contributed by atoms with van der Waals surface area (Å²) in [5.41, 5.74) is 6.85. The quantitative estimate of drug-likeness (QED) is 0.814. The number of hydrogen-bond donors (Lipinski definition) is 2. The molecular weight excluding hydrogens is 316 g/mol. The minimum Gasteiger partial charge on any atom is -0.487 e. The van der Waals surface area contributed by atoms with Gasteiger partial charge in [0.25, 0.3) is 11.8 Å². The molecule has 128 valence electrons. The van der Waals surface area contributed by atoms with Gasteiger partial charge < -0.3 is 15.8 Å². The average Bonchev–Trinajstić information content (AvgIpc) is 2.59. The summed E-state index contributed by atoms with van der Waals surface area (Å²) in [5.74, 6) is -3.09. The van der Waals surface area contributed by atoms with Crippen molar-refractivity contribution in [2.24, 2.45) is 5.73 Å². The standard InChI is InChI=1S/C17H19F2N3O2/c1-12-5-6-15(8-21-12)24-9-13-3-2-4-14(7-13)16(23)22-11-17(18,19)10-20/h2-8H,9-11,20H2,1H3,(H,22,23). The number of alkyl halides is 2. The van der Waals surface area contributed by atoms with E-state index in [0.29, 0.717) is 5.75 Å². The summed E-state index contributed by atoms with van der Waals surface area (Å²) in [6.07, 6.45) is 1.61. The molecule has 0 aliphatic carbocycles. The number of carbonyl (C=O) groups excluding carboxylic acids is 1. The van der Waals surface area contributed by atoms with Crippen LogP contribution in [0.15, 0.2) is 42.6 Å². The predicted octanol–water partition coefficient (Wildman–Crippen LogP) is 2.29. The Balaban J connectivity index is 1.95. The molecule has 3 N–H and O–H groups in total. The van der Waals surface area contributed by atoms with Gasteiger partial charge in [-0.1, -0.05) is 12.1 Å². The van der Waals surface area contributed by atoms with Gasteiger partial charge in [-0.15, -0.1) is 0 Å². The molecule has 0 radical (unpaired) electrons. The predicted molar refractivity (Wildman–Crippen MR) is 86.1 cm³/mol. The van der Waals surface area contributed by atoms with Crippen LogP contribution in [0.5, 0.6) is 5.75 Å². The molecule has 2 rings (SSSR count). The molecule has 1 amide bonds. The van der Waals surface area contributed by atoms with E-state index in [1.54, 1.807) is 36.5 Å². The van der Waals surface area contributed by atoms with Crippen LogP contribution < -0.4 is 15.8 Å². The van der Waals surface area contributed by atoms with Gasteiger partial charge in [0.05, 0.1) is 19.3 Å². The smallest absolute Gasteiger partial charge is 0.277 e. The Labute approximate surface area is 138 Å². The Bertz CT molecular complexity index is 690. The molecule has 0 atom stereocenters. The molecule has 0 aliphatic rings. The number of hydrogen-bond acceptors (Lipinski definition) is 4. The van der Waals surface area contributed by atoms with Gasteiger partial charge in [-0.05, 0) is 36.8 Å². The Morgan fingerprint density at radius 3 is 2.79 bits per heavy atom. The first-order valence-electron chi connectivity index (χ1n) is 7.40. The van der Waals surface area contributed by atoms with E-state index >= 15 is 0 Å². The molecule has 1 heterocycles. The fourth-order valence-corrected chi connectivity index (χ4v) is 1.89. The third-order valence-electron chi connectivity index (χ3n) is 3.29. The zero-order valence-electron chi connectivity index (χ0n) is 13.3. The van der Waals surface area contributed by atoms with Crippen LogP contribution in [0.2, 0.25) is 0 Å². The second kappa shape index (κ2) is 7.83. The zero-order valence-corrected chi connectivity index (χ0v) is 13.3. The molecule has 0 saturated heterocycles. The lowest BCUT2D eigenvalue weighted by Crippen LogP contribution is -2.41. The fourth-order valence-electron chi connectivity index (χ4n) is 1.89. The van der Waals surface area contributed by atoms with Gasteiger partial charge in [0.1, 0.15) is 12.4 Å². The molecule has 0 spiro atoms. The minimum absolute atomic E-state index is 0.241. The van der Waals surface area contributed by atoms with E-state index in [2.05, 4.69) is 10.3 Å². The summed E-state index contributed by atoms with van der Waals surface area (Å²) in [7, 11) is 0. The number of nitrogens with one attached hydrogen (secondary N) is 1. The molecular formula is C17H19F2N3O2. The lowest BCUT2D eigenvalue weighted by atomic mass is 10.1. The van der Waals surface area contributed by atoms with E-state index in [1.807, 2.05) is 13.0 Å². The van der Waals surface area contributed by atoms with Crippen LogP contribution in [0.3, 0.4) is 0 Å². The first kappa shape index (κ1) is 17.8. The summed E-state index contributed by atoms with van der Waals surface area (Å²) in [6.45, 7) is 0.509. The SMILES string of the molecule is Cc1ccc(OCc2cccc(C(=O)NCC(F)(F)CN)c2)cn1. The molecule has 0 bridgehead atoms. The van der Waals surface area contributed by atoms with Gasteiger partial charge in [0.2, 0.25) is 0 Å². The fraction of sp³-hybridized carbons (Fsp3) is 0.294. The maximum absolute atomic E-state index is 13.1. The second-order valence-electron chi connectivity index (χ2n) is 5.37. The van der Waals surface area contributed by atoms with Crippen LogP contribution in [0.1, 0.15) is 21.6 Å². The number of rotatable bonds is 7. The molecule has 5 nitrogen and oxygen atoms in total. The summed E-state index contributed by atoms with van der Waals surface area (Å²) in [6, 6.07) is 10.2. The topological polar surface area (TPSA) is 77.2 Å². The van der Waals surface area contributed by atoms with Crippen molar-refractivity contribution < 1.29 is 18.3 Å². The first-order chi connectivity index (χ1) is 11.4. The van der Waals surface area contributed by atoms with Crippen molar-refractivity contribution in [1.29, 1.82) is 0 Å². The van der Waals surface area contributed by atoms with Gasteiger partial charge in [-0.25, -0.2) is 8.78 Å². The summed E-state index contributed by atoms with van der Waals surface area (Å²) < 4.78 is 31.7. The molecule has 0 unspecified atom stereocenters. The van der Waals surface area contributed by atoms with Crippen molar-refractivity contribution in [2.75, 3.05) is 13.1 Å². The number of nitrogens with two attached hydrogens (primary N) is 1. The van der Waals surface area contributed by atoms with Crippen LogP contribution >= 0.6 is 0 Å². The highest BCUT2D eigenvalue weighted by Gasteiger charge is 2.27. The summed E-state index contributed by atoms with van der Waals surface area (Å²) in [5, 5.41) is 2.18. The number of aryl methyl sites for hydroxylation is 1. The number of ether oxygens (including phenoxy) is 1. The van der Waals surface area contributed by atoms with E-state index in [0.717, 1.165) is 11.3 Å². The van der Waals surface area contributed by atoms with Crippen molar-refractivity contribution in [3.8, 4) is 5.75 Å². The third-order valence-corrected chi connectivity index (χ3v) is 3.29. The van der Waals surface area contributed by atoms with Crippen molar-refractivity contribution in [2.45, 2.75) is 19.5 Å². The van der Waals surface area contributed by atoms with Gasteiger partial charge in [0.15, 0.2) is 0 Å². The highest BCUT2D eigenvalue weighted by atomic mass is 19.3. The maximum atomic E-state index is 13.1. The highest BCUT2D eigenvalue weighted by Crippen LogP contribution is 2.13. The highest BCUT2D eigenvalue weighted by molar-refractivity contribution is 5.94. The van der Waals surface area contributed by atoms with Crippen molar-refractivity contribution in [1.82, 2.24) is 10.3 Å². The van der Waals surface area contributed by atoms with Crippen molar-refractivity contribution in [3.63, 3.8) is 0 Å². The number of nitrogens with zero attached hydrogens (tertiary/aromatic N) is 1. The average molecular weight is 335 g/mol. The van der Waals surface area contributed by atoms with Crippen molar-refractivity contribution in [3.05, 3.63) is 59.4 Å². The van der Waals surface area contributed by atoms with Gasteiger partial charge in [-0.2, -0.15) is 0 Å². The molecule has 7 heteroatoms. The van der Waals surface area contributed by atoms with E-state index in [4.69, 9.17) is 10.5 Å². The van der Waals surface area contributed by atoms with E-state index in [-0.39, 0.29) is 12.2 Å². The monoisotopic (exact) mass is 335 g/mol. The molecule has 0 aliphatic heterocycles. The van der Waals surface area contributed by atoms with E-state index in [9.17, 15) is 13.6 Å². The van der Waals surface area contributed by atoms with Gasteiger partial charge in [-0.3, -0.25) is 9.78 Å². The Morgan fingerprint density at radius 1 is 1.33 bits per heavy atom. The van der Waals surface area contributed by atoms with Crippen LogP contribution in [0, 0.1) is 6.92 Å². The number of benzene rings is 1. The number of carbonyl (C=O) groups is 1. The summed E-state index contributed by atoms with van der Waals surface area (Å²) >= 11 is 0. The number of aromatic nitrogens is 1. The van der Waals surface area contributed by atoms with Crippen molar-refractivity contribution >= 4 is 5.91 Å².